The zero-order valence-corrected chi connectivity index (χ0v) is 12.8. The average Bonchev–Trinajstić information content (AvgIpc) is 2.47. The van der Waals surface area contributed by atoms with E-state index in [1.807, 2.05) is 31.2 Å². The third-order valence-corrected chi connectivity index (χ3v) is 3.09. The number of methoxy groups -OCH3 is 1. The number of aromatic nitrogens is 1. The molecule has 2 aromatic rings. The summed E-state index contributed by atoms with van der Waals surface area (Å²) in [5, 5.41) is 6.00. The van der Waals surface area contributed by atoms with Gasteiger partial charge in [0.1, 0.15) is 0 Å². The Balaban J connectivity index is 2.16. The van der Waals surface area contributed by atoms with Crippen molar-refractivity contribution in [2.24, 2.45) is 0 Å². The summed E-state index contributed by atoms with van der Waals surface area (Å²) in [6.45, 7) is 3.94. The number of carbonyl (C=O) groups is 2. The van der Waals surface area contributed by atoms with E-state index in [9.17, 15) is 9.59 Å². The van der Waals surface area contributed by atoms with E-state index < -0.39 is 11.8 Å². The van der Waals surface area contributed by atoms with Crippen LogP contribution >= 0.6 is 0 Å². The van der Waals surface area contributed by atoms with Gasteiger partial charge in [-0.25, -0.2) is 0 Å². The van der Waals surface area contributed by atoms with Gasteiger partial charge in [0, 0.05) is 24.2 Å². The Hall–Kier alpha value is -2.47. The number of para-hydroxylation sites is 1. The monoisotopic (exact) mass is 301 g/mol. The number of rotatable bonds is 4. The normalized spacial score (nSPS) is 12.0. The number of amides is 2. The lowest BCUT2D eigenvalue weighted by molar-refractivity contribution is -0.136. The van der Waals surface area contributed by atoms with Gasteiger partial charge >= 0.3 is 11.8 Å². The molecular weight excluding hydrogens is 282 g/mol. The van der Waals surface area contributed by atoms with Crippen LogP contribution in [0.5, 0.6) is 0 Å². The van der Waals surface area contributed by atoms with Crippen LogP contribution in [0.1, 0.15) is 12.6 Å². The maximum Gasteiger partial charge on any atom is 0.313 e. The highest BCUT2D eigenvalue weighted by Crippen LogP contribution is 2.22. The smallest absolute Gasteiger partial charge is 0.313 e. The lowest BCUT2D eigenvalue weighted by Gasteiger charge is -2.13. The van der Waals surface area contributed by atoms with Gasteiger partial charge in [-0.15, -0.1) is 0 Å². The summed E-state index contributed by atoms with van der Waals surface area (Å²) in [6.07, 6.45) is 0. The van der Waals surface area contributed by atoms with Crippen molar-refractivity contribution in [3.63, 3.8) is 0 Å². The first kappa shape index (κ1) is 15.9. The van der Waals surface area contributed by atoms with Gasteiger partial charge in [0.25, 0.3) is 0 Å². The van der Waals surface area contributed by atoms with Crippen molar-refractivity contribution in [1.29, 1.82) is 0 Å². The quantitative estimate of drug-likeness (QED) is 0.841. The van der Waals surface area contributed by atoms with E-state index in [-0.39, 0.29) is 6.04 Å². The molecule has 1 aromatic heterocycles. The Morgan fingerprint density at radius 3 is 2.73 bits per heavy atom. The molecule has 0 aliphatic rings. The second kappa shape index (κ2) is 7.00. The predicted molar refractivity (Wildman–Crippen MR) is 84.6 cm³/mol. The molecule has 22 heavy (non-hydrogen) atoms. The summed E-state index contributed by atoms with van der Waals surface area (Å²) in [4.78, 5) is 28.3. The van der Waals surface area contributed by atoms with Crippen molar-refractivity contribution in [2.75, 3.05) is 19.0 Å². The second-order valence-electron chi connectivity index (χ2n) is 5.11. The number of fused-ring (bicyclic) bond motifs is 1. The van der Waals surface area contributed by atoms with Gasteiger partial charge in [-0.05, 0) is 26.0 Å². The van der Waals surface area contributed by atoms with Crippen molar-refractivity contribution in [2.45, 2.75) is 19.9 Å². The average molecular weight is 301 g/mol. The van der Waals surface area contributed by atoms with Crippen molar-refractivity contribution >= 4 is 28.4 Å². The third kappa shape index (κ3) is 3.79. The maximum absolute atomic E-state index is 12.0. The number of hydrogen-bond acceptors (Lipinski definition) is 4. The van der Waals surface area contributed by atoms with Crippen LogP contribution in [0.4, 0.5) is 5.69 Å². The van der Waals surface area contributed by atoms with Crippen molar-refractivity contribution in [1.82, 2.24) is 10.3 Å². The number of hydrogen-bond donors (Lipinski definition) is 2. The van der Waals surface area contributed by atoms with E-state index in [0.717, 1.165) is 16.6 Å². The molecule has 116 valence electrons. The molecule has 0 saturated heterocycles. The topological polar surface area (TPSA) is 80.3 Å². The van der Waals surface area contributed by atoms with E-state index in [2.05, 4.69) is 15.6 Å². The van der Waals surface area contributed by atoms with Crippen LogP contribution in [-0.2, 0) is 14.3 Å². The highest BCUT2D eigenvalue weighted by Gasteiger charge is 2.17. The Bertz CT molecular complexity index is 700. The predicted octanol–water partition coefficient (Wildman–Crippen LogP) is 1.63. The Morgan fingerprint density at radius 1 is 1.27 bits per heavy atom. The molecule has 1 heterocycles. The highest BCUT2D eigenvalue weighted by molar-refractivity contribution is 6.40. The molecule has 1 aromatic carbocycles. The summed E-state index contributed by atoms with van der Waals surface area (Å²) in [6, 6.07) is 8.95. The van der Waals surface area contributed by atoms with E-state index in [1.54, 1.807) is 13.0 Å². The molecule has 0 fully saturated rings. The lowest BCUT2D eigenvalue weighted by Crippen LogP contribution is -2.42. The van der Waals surface area contributed by atoms with Gasteiger partial charge < -0.3 is 15.4 Å². The number of aryl methyl sites for hydroxylation is 1. The fraction of sp³-hybridized carbons (Fsp3) is 0.312. The second-order valence-corrected chi connectivity index (χ2v) is 5.11. The minimum absolute atomic E-state index is 0.237. The highest BCUT2D eigenvalue weighted by atomic mass is 16.5. The summed E-state index contributed by atoms with van der Waals surface area (Å²) < 4.78 is 4.92. The lowest BCUT2D eigenvalue weighted by atomic mass is 10.1. The third-order valence-electron chi connectivity index (χ3n) is 3.09. The van der Waals surface area contributed by atoms with Crippen LogP contribution in [0.3, 0.4) is 0 Å². The van der Waals surface area contributed by atoms with Gasteiger partial charge in [0.2, 0.25) is 0 Å². The molecule has 0 radical (unpaired) electrons. The van der Waals surface area contributed by atoms with Gasteiger partial charge in [-0.2, -0.15) is 0 Å². The molecule has 6 nitrogen and oxygen atoms in total. The van der Waals surface area contributed by atoms with Crippen LogP contribution in [0, 0.1) is 6.92 Å². The fourth-order valence-electron chi connectivity index (χ4n) is 2.17. The standard InChI is InChI=1S/C16H19N3O3/c1-10-8-14(12-6-4-5-7-13(12)17-10)19-16(21)15(20)18-11(2)9-22-3/h4-8,11H,9H2,1-3H3,(H,18,20)(H,17,19,21). The van der Waals surface area contributed by atoms with Crippen LogP contribution < -0.4 is 10.6 Å². The summed E-state index contributed by atoms with van der Waals surface area (Å²) >= 11 is 0. The van der Waals surface area contributed by atoms with Crippen LogP contribution in [-0.4, -0.2) is 36.6 Å². The molecule has 0 saturated carbocycles. The minimum atomic E-state index is -0.710. The van der Waals surface area contributed by atoms with Crippen LogP contribution in [0.15, 0.2) is 30.3 Å². The van der Waals surface area contributed by atoms with Gasteiger partial charge in [-0.1, -0.05) is 18.2 Å². The molecule has 6 heteroatoms. The molecule has 0 aliphatic carbocycles. The summed E-state index contributed by atoms with van der Waals surface area (Å²) in [7, 11) is 1.54. The number of pyridine rings is 1. The first-order valence-corrected chi connectivity index (χ1v) is 6.98. The Kier molecular flexibility index (Phi) is 5.06. The molecule has 2 N–H and O–H groups in total. The zero-order chi connectivity index (χ0) is 16.1. The van der Waals surface area contributed by atoms with Crippen molar-refractivity contribution in [3.05, 3.63) is 36.0 Å². The minimum Gasteiger partial charge on any atom is -0.383 e. The Morgan fingerprint density at radius 2 is 2.00 bits per heavy atom. The van der Waals surface area contributed by atoms with E-state index >= 15 is 0 Å². The Labute approximate surface area is 128 Å². The maximum atomic E-state index is 12.0. The number of nitrogens with zero attached hydrogens (tertiary/aromatic N) is 1. The first-order valence-electron chi connectivity index (χ1n) is 6.98. The molecular formula is C16H19N3O3. The van der Waals surface area contributed by atoms with Crippen LogP contribution in [0.2, 0.25) is 0 Å². The number of ether oxygens (including phenoxy) is 1. The van der Waals surface area contributed by atoms with E-state index in [0.29, 0.717) is 12.3 Å². The van der Waals surface area contributed by atoms with Crippen molar-refractivity contribution < 1.29 is 14.3 Å². The molecule has 1 atom stereocenters. The molecule has 1 unspecified atom stereocenters. The molecule has 2 amide bonds. The van der Waals surface area contributed by atoms with Gasteiger partial charge in [0.05, 0.1) is 17.8 Å². The SMILES string of the molecule is COCC(C)NC(=O)C(=O)Nc1cc(C)nc2ccccc12. The number of nitrogens with one attached hydrogen (secondary N) is 2. The van der Waals surface area contributed by atoms with E-state index in [4.69, 9.17) is 4.74 Å². The molecule has 0 spiro atoms. The zero-order valence-electron chi connectivity index (χ0n) is 12.8. The molecule has 2 rings (SSSR count). The molecule has 0 bridgehead atoms. The fourth-order valence-corrected chi connectivity index (χ4v) is 2.17. The summed E-state index contributed by atoms with van der Waals surface area (Å²) in [5.74, 6) is -1.40. The van der Waals surface area contributed by atoms with Gasteiger partial charge in [-0.3, -0.25) is 14.6 Å². The summed E-state index contributed by atoms with van der Waals surface area (Å²) in [5.41, 5.74) is 2.11. The number of anilines is 1. The van der Waals surface area contributed by atoms with Crippen molar-refractivity contribution in [3.8, 4) is 0 Å². The largest absolute Gasteiger partial charge is 0.383 e. The van der Waals surface area contributed by atoms with Gasteiger partial charge in [0.15, 0.2) is 0 Å². The van der Waals surface area contributed by atoms with Crippen LogP contribution in [0.25, 0.3) is 10.9 Å². The number of carbonyl (C=O) groups excluding carboxylic acids is 2. The molecule has 0 aliphatic heterocycles. The van der Waals surface area contributed by atoms with E-state index in [1.165, 1.54) is 7.11 Å². The first-order chi connectivity index (χ1) is 10.5. The number of benzene rings is 1.